The minimum atomic E-state index is -0.984. The lowest BCUT2D eigenvalue weighted by molar-refractivity contribution is -0.136. The molecule has 2 aromatic carbocycles. The summed E-state index contributed by atoms with van der Waals surface area (Å²) in [6.45, 7) is 2.39. The highest BCUT2D eigenvalue weighted by molar-refractivity contribution is 5.98. The van der Waals surface area contributed by atoms with Crippen molar-refractivity contribution in [2.24, 2.45) is 5.73 Å². The molecule has 2 aliphatic rings. The summed E-state index contributed by atoms with van der Waals surface area (Å²) in [7, 11) is 0. The molecule has 6 rings (SSSR count). The van der Waals surface area contributed by atoms with E-state index < -0.39 is 23.8 Å². The molecule has 2 amide bonds. The molecule has 224 valence electrons. The summed E-state index contributed by atoms with van der Waals surface area (Å²) in [5, 5.41) is 22.5. The third kappa shape index (κ3) is 5.42. The number of nitrogens with one attached hydrogen (secondary N) is 3. The molecule has 3 heterocycles. The lowest BCUT2D eigenvalue weighted by Crippen LogP contribution is -2.30. The Morgan fingerprint density at radius 2 is 1.89 bits per heavy atom. The molecular formula is C31H29N7O6. The Morgan fingerprint density at radius 1 is 1.09 bits per heavy atom. The summed E-state index contributed by atoms with van der Waals surface area (Å²) < 4.78 is 6.28. The first kappa shape index (κ1) is 28.4. The number of carboxylic acids is 1. The van der Waals surface area contributed by atoms with Crippen LogP contribution in [0.15, 0.2) is 66.1 Å². The molecule has 44 heavy (non-hydrogen) atoms. The van der Waals surface area contributed by atoms with Gasteiger partial charge in [-0.1, -0.05) is 30.3 Å². The Labute approximate surface area is 251 Å². The van der Waals surface area contributed by atoms with E-state index in [9.17, 15) is 24.3 Å². The van der Waals surface area contributed by atoms with Crippen molar-refractivity contribution in [2.45, 2.75) is 38.9 Å². The van der Waals surface area contributed by atoms with Crippen LogP contribution >= 0.6 is 0 Å². The number of nitrogens with zero attached hydrogens (tertiary/aromatic N) is 3. The number of cyclic esters (lactones) is 1. The Morgan fingerprint density at radius 3 is 2.64 bits per heavy atom. The van der Waals surface area contributed by atoms with E-state index in [0.29, 0.717) is 36.3 Å². The second kappa shape index (κ2) is 11.5. The molecular weight excluding hydrogens is 566 g/mol. The number of fused-ring (bicyclic) bond motifs is 2. The highest BCUT2D eigenvalue weighted by Crippen LogP contribution is 2.35. The maximum Gasteiger partial charge on any atom is 0.356 e. The summed E-state index contributed by atoms with van der Waals surface area (Å²) in [6, 6.07) is 13.5. The first-order valence-electron chi connectivity index (χ1n) is 14.0. The topological polar surface area (TPSA) is 190 Å². The van der Waals surface area contributed by atoms with Crippen molar-refractivity contribution in [3.63, 3.8) is 0 Å². The lowest BCUT2D eigenvalue weighted by Gasteiger charge is -2.16. The molecule has 6 N–H and O–H groups in total. The molecule has 0 saturated carbocycles. The fourth-order valence-electron chi connectivity index (χ4n) is 5.60. The van der Waals surface area contributed by atoms with Crippen LogP contribution < -0.4 is 21.7 Å². The van der Waals surface area contributed by atoms with Crippen molar-refractivity contribution in [1.29, 1.82) is 0 Å². The highest BCUT2D eigenvalue weighted by Gasteiger charge is 2.29. The molecule has 0 unspecified atom stereocenters. The van der Waals surface area contributed by atoms with Crippen molar-refractivity contribution in [1.82, 2.24) is 30.5 Å². The van der Waals surface area contributed by atoms with E-state index in [1.165, 1.54) is 16.8 Å². The number of hydrogen-bond donors (Lipinski definition) is 5. The van der Waals surface area contributed by atoms with Gasteiger partial charge < -0.3 is 31.5 Å². The molecule has 0 fully saturated rings. The average molecular weight is 596 g/mol. The van der Waals surface area contributed by atoms with Crippen molar-refractivity contribution in [3.8, 4) is 0 Å². The van der Waals surface area contributed by atoms with Crippen LogP contribution in [-0.2, 0) is 29.0 Å². The van der Waals surface area contributed by atoms with Crippen LogP contribution in [0.1, 0.15) is 71.6 Å². The van der Waals surface area contributed by atoms with Gasteiger partial charge >= 0.3 is 11.9 Å². The van der Waals surface area contributed by atoms with Gasteiger partial charge in [0.05, 0.1) is 23.5 Å². The predicted molar refractivity (Wildman–Crippen MR) is 156 cm³/mol. The molecule has 0 radical (unpaired) electrons. The number of aromatic nitrogens is 3. The number of amides is 2. The van der Waals surface area contributed by atoms with Gasteiger partial charge in [0.1, 0.15) is 23.7 Å². The minimum Gasteiger partial charge on any atom is -0.478 e. The SMILES string of the molecule is Cc1c(C(=O)O)ccc2c1CC[C@@H]2NC(=O)c1cc(C(=O)NCc2cccc(CNC3=C(N)COC3=O)c2)nc2ccnn12. The van der Waals surface area contributed by atoms with Gasteiger partial charge in [0.15, 0.2) is 5.65 Å². The monoisotopic (exact) mass is 595 g/mol. The van der Waals surface area contributed by atoms with Crippen molar-refractivity contribution in [3.05, 3.63) is 111 Å². The number of nitrogens with two attached hydrogens (primary N) is 1. The van der Waals surface area contributed by atoms with Gasteiger partial charge in [0, 0.05) is 25.2 Å². The number of carbonyl (C=O) groups is 4. The molecule has 0 bridgehead atoms. The van der Waals surface area contributed by atoms with E-state index in [0.717, 1.165) is 22.3 Å². The number of hydrogen-bond acceptors (Lipinski definition) is 9. The normalized spacial score (nSPS) is 15.7. The number of benzene rings is 2. The lowest BCUT2D eigenvalue weighted by atomic mass is 9.98. The van der Waals surface area contributed by atoms with E-state index in [2.05, 4.69) is 26.0 Å². The number of aromatic carboxylic acids is 1. The third-order valence-corrected chi connectivity index (χ3v) is 7.85. The quantitative estimate of drug-likeness (QED) is 0.179. The zero-order valence-electron chi connectivity index (χ0n) is 23.7. The van der Waals surface area contributed by atoms with Crippen LogP contribution in [-0.4, -0.2) is 50.1 Å². The van der Waals surface area contributed by atoms with Crippen molar-refractivity contribution >= 4 is 29.4 Å². The second-order valence-corrected chi connectivity index (χ2v) is 10.6. The predicted octanol–water partition coefficient (Wildman–Crippen LogP) is 1.90. The van der Waals surface area contributed by atoms with Crippen LogP contribution in [0.25, 0.3) is 5.65 Å². The first-order chi connectivity index (χ1) is 21.2. The Hall–Kier alpha value is -5.72. The van der Waals surface area contributed by atoms with E-state index in [1.54, 1.807) is 25.1 Å². The van der Waals surface area contributed by atoms with E-state index in [-0.39, 0.29) is 41.8 Å². The van der Waals surface area contributed by atoms with Gasteiger partial charge in [0.2, 0.25) is 0 Å². The highest BCUT2D eigenvalue weighted by atomic mass is 16.5. The summed E-state index contributed by atoms with van der Waals surface area (Å²) in [5.74, 6) is -2.38. The molecule has 0 spiro atoms. The van der Waals surface area contributed by atoms with Gasteiger partial charge in [-0.3, -0.25) is 9.59 Å². The van der Waals surface area contributed by atoms with Gasteiger partial charge in [-0.15, -0.1) is 0 Å². The summed E-state index contributed by atoms with van der Waals surface area (Å²) in [6.07, 6.45) is 2.76. The minimum absolute atomic E-state index is 0.0527. The van der Waals surface area contributed by atoms with E-state index >= 15 is 0 Å². The van der Waals surface area contributed by atoms with Crippen LogP contribution in [0.2, 0.25) is 0 Å². The third-order valence-electron chi connectivity index (χ3n) is 7.85. The molecule has 13 heteroatoms. The zero-order chi connectivity index (χ0) is 31.0. The number of rotatable bonds is 9. The molecule has 1 aliphatic heterocycles. The number of carboxylic acid groups (broad SMARTS) is 1. The van der Waals surface area contributed by atoms with Gasteiger partial charge in [0.25, 0.3) is 11.8 Å². The molecule has 1 aliphatic carbocycles. The standard InChI is InChI=1S/C31H29N7O6/c1-16-19-7-8-23(21(19)6-5-20(16)30(41)42)37-29(40)25-12-24(36-26-9-10-35-38(25)26)28(39)34-14-18-4-2-3-17(11-18)13-33-27-22(32)15-44-31(27)43/h2-6,9-12,23,33H,7-8,13-15,32H2,1H3,(H,34,39)(H,37,40)(H,41,42)/t23-/m0/s1. The second-order valence-electron chi connectivity index (χ2n) is 10.6. The maximum absolute atomic E-state index is 13.5. The molecule has 13 nitrogen and oxygen atoms in total. The van der Waals surface area contributed by atoms with Gasteiger partial charge in [-0.2, -0.15) is 5.10 Å². The smallest absolute Gasteiger partial charge is 0.356 e. The van der Waals surface area contributed by atoms with Crippen molar-refractivity contribution in [2.75, 3.05) is 6.61 Å². The summed E-state index contributed by atoms with van der Waals surface area (Å²) in [4.78, 5) is 54.4. The average Bonchev–Trinajstić information content (AvgIpc) is 3.73. The van der Waals surface area contributed by atoms with Crippen LogP contribution in [0, 0.1) is 6.92 Å². The summed E-state index contributed by atoms with van der Waals surface area (Å²) >= 11 is 0. The largest absolute Gasteiger partial charge is 0.478 e. The van der Waals surface area contributed by atoms with Crippen LogP contribution in [0.5, 0.6) is 0 Å². The van der Waals surface area contributed by atoms with Crippen LogP contribution in [0.3, 0.4) is 0 Å². The fraction of sp³-hybridized carbons (Fsp3) is 0.226. The Kier molecular flexibility index (Phi) is 7.43. The van der Waals surface area contributed by atoms with Crippen molar-refractivity contribution < 1.29 is 29.0 Å². The number of ether oxygens (including phenoxy) is 1. The summed E-state index contributed by atoms with van der Waals surface area (Å²) in [5.41, 5.74) is 11.4. The maximum atomic E-state index is 13.5. The molecule has 1 atom stereocenters. The Balaban J connectivity index is 1.15. The fourth-order valence-corrected chi connectivity index (χ4v) is 5.60. The zero-order valence-corrected chi connectivity index (χ0v) is 23.7. The molecule has 4 aromatic rings. The van der Waals surface area contributed by atoms with E-state index in [4.69, 9.17) is 10.5 Å². The Bertz CT molecular complexity index is 1880. The van der Waals surface area contributed by atoms with Gasteiger partial charge in [-0.05, 0) is 53.6 Å². The van der Waals surface area contributed by atoms with E-state index in [1.807, 2.05) is 24.3 Å². The molecule has 2 aromatic heterocycles. The first-order valence-corrected chi connectivity index (χ1v) is 14.0. The molecule has 0 saturated heterocycles. The number of esters is 1. The van der Waals surface area contributed by atoms with Crippen LogP contribution in [0.4, 0.5) is 0 Å². The number of carbonyl (C=O) groups excluding carboxylic acids is 3. The van der Waals surface area contributed by atoms with Gasteiger partial charge in [-0.25, -0.2) is 19.1 Å².